The molecule has 0 radical (unpaired) electrons. The van der Waals surface area contributed by atoms with Crippen molar-refractivity contribution in [2.24, 2.45) is 7.05 Å². The van der Waals surface area contributed by atoms with E-state index in [0.717, 1.165) is 6.42 Å². The quantitative estimate of drug-likeness (QED) is 0.842. The molecule has 6 nitrogen and oxygen atoms in total. The molecular weight excluding hydrogens is 308 g/mol. The summed E-state index contributed by atoms with van der Waals surface area (Å²) in [6, 6.07) is 2.11. The highest BCUT2D eigenvalue weighted by Crippen LogP contribution is 2.33. The lowest BCUT2D eigenvalue weighted by Crippen LogP contribution is -2.27. The van der Waals surface area contributed by atoms with Crippen molar-refractivity contribution in [2.45, 2.75) is 25.5 Å². The highest BCUT2D eigenvalue weighted by molar-refractivity contribution is 7.71. The van der Waals surface area contributed by atoms with Gasteiger partial charge < -0.3 is 14.6 Å². The minimum atomic E-state index is -0.129. The van der Waals surface area contributed by atoms with Crippen LogP contribution in [0.4, 0.5) is 0 Å². The molecule has 0 bridgehead atoms. The molecule has 2 aromatic rings. The second-order valence-corrected chi connectivity index (χ2v) is 6.24. The zero-order valence-corrected chi connectivity index (χ0v) is 13.2. The Bertz CT molecular complexity index is 703. The van der Waals surface area contributed by atoms with Gasteiger partial charge in [-0.3, -0.25) is 9.89 Å². The second kappa shape index (κ2) is 6.08. The van der Waals surface area contributed by atoms with Crippen LogP contribution in [-0.4, -0.2) is 27.3 Å². The number of H-pyrrole nitrogens is 1. The lowest BCUT2D eigenvalue weighted by molar-refractivity contribution is -0.124. The Hall–Kier alpha value is -1.51. The van der Waals surface area contributed by atoms with Gasteiger partial charge in [0.1, 0.15) is 6.10 Å². The van der Waals surface area contributed by atoms with E-state index in [1.165, 1.54) is 10.4 Å². The lowest BCUT2D eigenvalue weighted by atomic mass is 10.1. The summed E-state index contributed by atoms with van der Waals surface area (Å²) in [7, 11) is 1.81. The largest absolute Gasteiger partial charge is 0.372 e. The van der Waals surface area contributed by atoms with Crippen molar-refractivity contribution in [2.75, 3.05) is 6.61 Å². The average Bonchev–Trinajstić information content (AvgIpc) is 3.06. The number of aromatic nitrogens is 3. The topological polar surface area (TPSA) is 71.9 Å². The van der Waals surface area contributed by atoms with Gasteiger partial charge in [0.25, 0.3) is 0 Å². The zero-order valence-electron chi connectivity index (χ0n) is 11.6. The maximum Gasteiger partial charge on any atom is 0.223 e. The van der Waals surface area contributed by atoms with E-state index in [1.807, 2.05) is 7.05 Å². The van der Waals surface area contributed by atoms with Crippen molar-refractivity contribution in [1.29, 1.82) is 0 Å². The number of fused-ring (bicyclic) bond motifs is 1. The number of thiophene rings is 1. The van der Waals surface area contributed by atoms with Crippen LogP contribution in [0, 0.1) is 4.77 Å². The standard InChI is InChI=1S/C13H16N4O2S2/c1-17-10(15-16-13(17)20)7-14-11(18)6-9-12-8(2-4-19-9)3-5-21-12/h3,5,9H,2,4,6-7H2,1H3,(H,14,18)(H,16,20). The minimum Gasteiger partial charge on any atom is -0.372 e. The molecule has 0 saturated carbocycles. The Balaban J connectivity index is 1.58. The van der Waals surface area contributed by atoms with E-state index >= 15 is 0 Å². The van der Waals surface area contributed by atoms with Gasteiger partial charge >= 0.3 is 0 Å². The predicted octanol–water partition coefficient (Wildman–Crippen LogP) is 1.86. The molecule has 3 rings (SSSR count). The number of aromatic amines is 1. The highest BCUT2D eigenvalue weighted by atomic mass is 32.1. The van der Waals surface area contributed by atoms with Crippen LogP contribution in [-0.2, 0) is 29.5 Å². The molecule has 0 fully saturated rings. The van der Waals surface area contributed by atoms with Gasteiger partial charge in [-0.05, 0) is 35.6 Å². The van der Waals surface area contributed by atoms with Gasteiger partial charge in [0.15, 0.2) is 10.6 Å². The third-order valence-corrected chi connectivity index (χ3v) is 4.97. The van der Waals surface area contributed by atoms with Gasteiger partial charge in [0, 0.05) is 11.9 Å². The number of rotatable bonds is 4. The fourth-order valence-electron chi connectivity index (χ4n) is 2.33. The number of nitrogens with one attached hydrogen (secondary N) is 2. The van der Waals surface area contributed by atoms with Crippen LogP contribution < -0.4 is 5.32 Å². The van der Waals surface area contributed by atoms with Crippen LogP contribution in [0.5, 0.6) is 0 Å². The third-order valence-electron chi connectivity index (χ3n) is 3.55. The SMILES string of the molecule is Cn1c(CNC(=O)CC2OCCc3ccsc32)n[nH]c1=S. The summed E-state index contributed by atoms with van der Waals surface area (Å²) < 4.78 is 8.00. The van der Waals surface area contributed by atoms with Crippen molar-refractivity contribution in [3.63, 3.8) is 0 Å². The average molecular weight is 324 g/mol. The molecule has 0 spiro atoms. The first-order valence-electron chi connectivity index (χ1n) is 6.70. The van der Waals surface area contributed by atoms with Gasteiger partial charge in [-0.2, -0.15) is 5.10 Å². The smallest absolute Gasteiger partial charge is 0.223 e. The molecule has 0 aromatic carbocycles. The minimum absolute atomic E-state index is 0.0461. The van der Waals surface area contributed by atoms with Crippen molar-refractivity contribution in [3.8, 4) is 0 Å². The molecule has 2 aromatic heterocycles. The maximum absolute atomic E-state index is 12.1. The predicted molar refractivity (Wildman–Crippen MR) is 81.6 cm³/mol. The number of nitrogens with zero attached hydrogens (tertiary/aromatic N) is 2. The van der Waals surface area contributed by atoms with Crippen LogP contribution in [0.25, 0.3) is 0 Å². The zero-order chi connectivity index (χ0) is 14.8. The Labute approximate surface area is 131 Å². The third kappa shape index (κ3) is 3.07. The second-order valence-electron chi connectivity index (χ2n) is 4.90. The Kier molecular flexibility index (Phi) is 4.18. The molecule has 8 heteroatoms. The van der Waals surface area contributed by atoms with Crippen LogP contribution in [0.2, 0.25) is 0 Å². The van der Waals surface area contributed by atoms with Crippen LogP contribution in [0.3, 0.4) is 0 Å². The first-order chi connectivity index (χ1) is 10.1. The molecule has 1 amide bonds. The van der Waals surface area contributed by atoms with Gasteiger partial charge in [-0.25, -0.2) is 0 Å². The van der Waals surface area contributed by atoms with E-state index in [9.17, 15) is 4.79 Å². The molecule has 112 valence electrons. The molecule has 3 heterocycles. The summed E-state index contributed by atoms with van der Waals surface area (Å²) in [6.45, 7) is 1.03. The molecule has 1 unspecified atom stereocenters. The lowest BCUT2D eigenvalue weighted by Gasteiger charge is -2.22. The highest BCUT2D eigenvalue weighted by Gasteiger charge is 2.24. The first kappa shape index (κ1) is 14.4. The van der Waals surface area contributed by atoms with Crippen molar-refractivity contribution < 1.29 is 9.53 Å². The number of carbonyl (C=O) groups excluding carboxylic acids is 1. The molecule has 1 atom stereocenters. The van der Waals surface area contributed by atoms with E-state index in [2.05, 4.69) is 27.0 Å². The molecule has 2 N–H and O–H groups in total. The number of hydrogen-bond donors (Lipinski definition) is 2. The molecule has 1 aliphatic rings. The number of carbonyl (C=O) groups is 1. The normalized spacial score (nSPS) is 17.5. The van der Waals surface area contributed by atoms with Gasteiger partial charge in [0.05, 0.1) is 19.6 Å². The van der Waals surface area contributed by atoms with Gasteiger partial charge in [0.2, 0.25) is 5.91 Å². The van der Waals surface area contributed by atoms with E-state index in [1.54, 1.807) is 15.9 Å². The number of ether oxygens (including phenoxy) is 1. The first-order valence-corrected chi connectivity index (χ1v) is 7.99. The van der Waals surface area contributed by atoms with Crippen molar-refractivity contribution in [1.82, 2.24) is 20.1 Å². The van der Waals surface area contributed by atoms with Crippen LogP contribution in [0.1, 0.15) is 28.8 Å². The van der Waals surface area contributed by atoms with Crippen molar-refractivity contribution in [3.05, 3.63) is 32.5 Å². The van der Waals surface area contributed by atoms with Gasteiger partial charge in [-0.15, -0.1) is 11.3 Å². The summed E-state index contributed by atoms with van der Waals surface area (Å²) in [5.41, 5.74) is 1.30. The van der Waals surface area contributed by atoms with Crippen molar-refractivity contribution >= 4 is 29.5 Å². The summed E-state index contributed by atoms with van der Waals surface area (Å²) in [4.78, 5) is 13.3. The molecule has 0 aliphatic carbocycles. The molecule has 21 heavy (non-hydrogen) atoms. The van der Waals surface area contributed by atoms with Crippen LogP contribution in [0.15, 0.2) is 11.4 Å². The number of amides is 1. The fraction of sp³-hybridized carbons (Fsp3) is 0.462. The summed E-state index contributed by atoms with van der Waals surface area (Å²) in [5.74, 6) is 0.657. The Morgan fingerprint density at radius 1 is 1.71 bits per heavy atom. The Morgan fingerprint density at radius 3 is 3.33 bits per heavy atom. The fourth-order valence-corrected chi connectivity index (χ4v) is 3.49. The number of hydrogen-bond acceptors (Lipinski definition) is 5. The molecule has 0 saturated heterocycles. The van der Waals surface area contributed by atoms with E-state index in [-0.39, 0.29) is 12.0 Å². The summed E-state index contributed by atoms with van der Waals surface area (Å²) in [6.07, 6.45) is 1.14. The summed E-state index contributed by atoms with van der Waals surface area (Å²) in [5, 5.41) is 11.7. The van der Waals surface area contributed by atoms with E-state index < -0.39 is 0 Å². The Morgan fingerprint density at radius 2 is 2.57 bits per heavy atom. The molecular formula is C13H16N4O2S2. The van der Waals surface area contributed by atoms with Gasteiger partial charge in [-0.1, -0.05) is 0 Å². The van der Waals surface area contributed by atoms with Crippen LogP contribution >= 0.6 is 23.6 Å². The molecule has 1 aliphatic heterocycles. The van der Waals surface area contributed by atoms with E-state index in [0.29, 0.717) is 30.2 Å². The summed E-state index contributed by atoms with van der Waals surface area (Å²) >= 11 is 6.69. The monoisotopic (exact) mass is 324 g/mol. The maximum atomic E-state index is 12.1. The van der Waals surface area contributed by atoms with E-state index in [4.69, 9.17) is 17.0 Å².